The number of oxime groups is 1. The number of methoxy groups -OCH3 is 2. The summed E-state index contributed by atoms with van der Waals surface area (Å²) in [5, 5.41) is 15.8. The van der Waals surface area contributed by atoms with E-state index >= 15 is 0 Å². The number of allylic oxidation sites excluding steroid dienone is 1. The lowest BCUT2D eigenvalue weighted by Crippen LogP contribution is -2.57. The molecule has 1 saturated heterocycles. The molecule has 1 N–H and O–H groups in total. The van der Waals surface area contributed by atoms with Crippen LogP contribution in [0.15, 0.2) is 35.5 Å². The highest BCUT2D eigenvalue weighted by molar-refractivity contribution is 6.07. The summed E-state index contributed by atoms with van der Waals surface area (Å²) >= 11 is 0. The number of ketones is 1. The summed E-state index contributed by atoms with van der Waals surface area (Å²) in [6.45, 7) is 3.63. The Morgan fingerprint density at radius 1 is 1.19 bits per heavy atom. The van der Waals surface area contributed by atoms with Gasteiger partial charge in [0.2, 0.25) is 5.60 Å². The quantitative estimate of drug-likeness (QED) is 0.719. The normalized spacial score (nSPS) is 39.8. The van der Waals surface area contributed by atoms with Crippen LogP contribution >= 0.6 is 0 Å². The Hall–Kier alpha value is -2.87. The zero-order valence-corrected chi connectivity index (χ0v) is 18.6. The molecule has 0 bridgehead atoms. The zero-order valence-electron chi connectivity index (χ0n) is 18.6. The highest BCUT2D eigenvalue weighted by Crippen LogP contribution is 2.59. The summed E-state index contributed by atoms with van der Waals surface area (Å²) in [5.74, 6) is -0.193. The minimum atomic E-state index is -1.38. The van der Waals surface area contributed by atoms with E-state index in [1.165, 1.54) is 6.08 Å². The van der Waals surface area contributed by atoms with Crippen molar-refractivity contribution >= 4 is 17.5 Å². The minimum Gasteiger partial charge on any atom is -0.497 e. The Morgan fingerprint density at radius 2 is 1.97 bits per heavy atom. The van der Waals surface area contributed by atoms with Gasteiger partial charge in [-0.3, -0.25) is 4.79 Å². The first-order valence-corrected chi connectivity index (χ1v) is 10.9. The van der Waals surface area contributed by atoms with Crippen molar-refractivity contribution in [3.63, 3.8) is 0 Å². The average Bonchev–Trinajstić information content (AvgIpc) is 3.41. The predicted octanol–water partition coefficient (Wildman–Crippen LogP) is 2.41. The highest BCUT2D eigenvalue weighted by atomic mass is 16.7. The van der Waals surface area contributed by atoms with Gasteiger partial charge in [0, 0.05) is 18.1 Å². The van der Waals surface area contributed by atoms with Crippen LogP contribution in [0.4, 0.5) is 0 Å². The maximum Gasteiger partial charge on any atom is 0.354 e. The molecule has 1 saturated carbocycles. The average molecular weight is 441 g/mol. The van der Waals surface area contributed by atoms with E-state index in [1.54, 1.807) is 39.4 Å². The van der Waals surface area contributed by atoms with E-state index in [0.29, 0.717) is 35.6 Å². The molecule has 4 aliphatic rings. The summed E-state index contributed by atoms with van der Waals surface area (Å²) in [5.41, 5.74) is -2.71. The van der Waals surface area contributed by atoms with Gasteiger partial charge >= 0.3 is 5.97 Å². The minimum absolute atomic E-state index is 0.181. The van der Waals surface area contributed by atoms with Crippen LogP contribution in [0.1, 0.15) is 38.7 Å². The summed E-state index contributed by atoms with van der Waals surface area (Å²) in [7, 11) is 3.12. The lowest BCUT2D eigenvalue weighted by atomic mass is 9.63. The zero-order chi connectivity index (χ0) is 22.9. The Balaban J connectivity index is 1.52. The van der Waals surface area contributed by atoms with Crippen LogP contribution in [0.3, 0.4) is 0 Å². The van der Waals surface area contributed by atoms with Crippen molar-refractivity contribution in [2.45, 2.75) is 50.4 Å². The summed E-state index contributed by atoms with van der Waals surface area (Å²) in [6.07, 6.45) is 3.56. The molecule has 2 heterocycles. The maximum absolute atomic E-state index is 13.2. The molecule has 3 unspecified atom stereocenters. The standard InChI is InChI=1S/C24H27NO7/c1-13-5-8-16-20(22(2)19(26)9-10-24(13,22)28)31-21(27)23(16)12-17(25-32-23)15-7-6-14(29-3)11-18(15)30-4/h6-7,9-11,13,16,20,28H,5,8,12H2,1-4H3/t13-,16?,20?,22-,23?,24+/m0/s1. The van der Waals surface area contributed by atoms with Crippen molar-refractivity contribution in [3.8, 4) is 11.5 Å². The second kappa shape index (κ2) is 6.81. The van der Waals surface area contributed by atoms with E-state index < -0.39 is 34.6 Å². The van der Waals surface area contributed by atoms with Gasteiger partial charge in [0.1, 0.15) is 28.6 Å². The van der Waals surface area contributed by atoms with E-state index in [0.717, 1.165) is 0 Å². The van der Waals surface area contributed by atoms with E-state index in [4.69, 9.17) is 19.0 Å². The second-order valence-electron chi connectivity index (χ2n) is 9.40. The van der Waals surface area contributed by atoms with Crippen molar-refractivity contribution in [3.05, 3.63) is 35.9 Å². The van der Waals surface area contributed by atoms with Crippen molar-refractivity contribution in [2.24, 2.45) is 22.4 Å². The van der Waals surface area contributed by atoms with E-state index in [1.807, 2.05) is 13.0 Å². The summed E-state index contributed by atoms with van der Waals surface area (Å²) in [4.78, 5) is 32.1. The van der Waals surface area contributed by atoms with Gasteiger partial charge in [-0.25, -0.2) is 4.79 Å². The van der Waals surface area contributed by atoms with Gasteiger partial charge < -0.3 is 24.2 Å². The number of esters is 1. The molecule has 2 aliphatic carbocycles. The fourth-order valence-corrected chi connectivity index (χ4v) is 5.98. The number of aliphatic hydroxyl groups is 1. The van der Waals surface area contributed by atoms with Crippen LogP contribution in [0.5, 0.6) is 11.5 Å². The number of carbonyl (C=O) groups is 2. The lowest BCUT2D eigenvalue weighted by Gasteiger charge is -2.43. The van der Waals surface area contributed by atoms with Crippen molar-refractivity contribution in [2.75, 3.05) is 14.2 Å². The molecule has 32 heavy (non-hydrogen) atoms. The Kier molecular flexibility index (Phi) is 4.47. The largest absolute Gasteiger partial charge is 0.497 e. The molecule has 2 aliphatic heterocycles. The number of hydrogen-bond donors (Lipinski definition) is 1. The Labute approximate surface area is 186 Å². The van der Waals surface area contributed by atoms with Crippen molar-refractivity contribution in [1.82, 2.24) is 0 Å². The van der Waals surface area contributed by atoms with Crippen LogP contribution in [0.25, 0.3) is 0 Å². The number of ether oxygens (including phenoxy) is 3. The number of benzene rings is 1. The van der Waals surface area contributed by atoms with E-state index in [2.05, 4.69) is 5.16 Å². The summed E-state index contributed by atoms with van der Waals surface area (Å²) < 4.78 is 16.6. The first kappa shape index (κ1) is 21.0. The molecule has 1 aromatic rings. The molecule has 0 radical (unpaired) electrons. The van der Waals surface area contributed by atoms with Crippen LogP contribution in [-0.2, 0) is 19.2 Å². The number of hydrogen-bond acceptors (Lipinski definition) is 8. The van der Waals surface area contributed by atoms with Crippen molar-refractivity contribution < 1.29 is 33.7 Å². The third kappa shape index (κ3) is 2.44. The molecule has 0 amide bonds. The van der Waals surface area contributed by atoms with Gasteiger partial charge in [-0.1, -0.05) is 12.1 Å². The molecular weight excluding hydrogens is 414 g/mol. The second-order valence-corrected chi connectivity index (χ2v) is 9.40. The van der Waals surface area contributed by atoms with E-state index in [-0.39, 0.29) is 18.1 Å². The molecule has 1 aromatic carbocycles. The maximum atomic E-state index is 13.2. The fourth-order valence-electron chi connectivity index (χ4n) is 5.98. The first-order valence-electron chi connectivity index (χ1n) is 10.9. The molecule has 170 valence electrons. The molecule has 2 fully saturated rings. The molecule has 0 aromatic heterocycles. The topological polar surface area (TPSA) is 104 Å². The van der Waals surface area contributed by atoms with Gasteiger partial charge in [-0.05, 0) is 50.0 Å². The van der Waals surface area contributed by atoms with Gasteiger partial charge in [0.05, 0.1) is 25.8 Å². The first-order chi connectivity index (χ1) is 15.2. The molecule has 8 heteroatoms. The van der Waals surface area contributed by atoms with Crippen molar-refractivity contribution in [1.29, 1.82) is 0 Å². The van der Waals surface area contributed by atoms with Gasteiger partial charge in [-0.2, -0.15) is 0 Å². The van der Waals surface area contributed by atoms with Gasteiger partial charge in [-0.15, -0.1) is 0 Å². The number of rotatable bonds is 3. The van der Waals surface area contributed by atoms with Gasteiger partial charge in [0.25, 0.3) is 0 Å². The van der Waals surface area contributed by atoms with Crippen LogP contribution in [0, 0.1) is 17.3 Å². The molecule has 6 atom stereocenters. The summed E-state index contributed by atoms with van der Waals surface area (Å²) in [6, 6.07) is 5.35. The highest BCUT2D eigenvalue weighted by Gasteiger charge is 2.73. The van der Waals surface area contributed by atoms with Crippen LogP contribution in [-0.4, -0.2) is 54.1 Å². The molecule has 8 nitrogen and oxygen atoms in total. The van der Waals surface area contributed by atoms with Crippen LogP contribution < -0.4 is 9.47 Å². The Morgan fingerprint density at radius 3 is 2.69 bits per heavy atom. The predicted molar refractivity (Wildman–Crippen MR) is 113 cm³/mol. The SMILES string of the molecule is COc1ccc(C2=NOC3(C2)C(=O)OC2C3CC[C@H](C)[C@]3(O)C=CC(=O)[C@@]23C)c(OC)c1. The lowest BCUT2D eigenvalue weighted by molar-refractivity contribution is -0.169. The Bertz CT molecular complexity index is 1060. The molecular formula is C24H27NO7. The van der Waals surface area contributed by atoms with E-state index in [9.17, 15) is 14.7 Å². The molecule has 5 rings (SSSR count). The number of carbonyl (C=O) groups excluding carboxylic acids is 2. The van der Waals surface area contributed by atoms with Crippen LogP contribution in [0.2, 0.25) is 0 Å². The fraction of sp³-hybridized carbons (Fsp3) is 0.542. The number of fused-ring (bicyclic) bond motifs is 4. The third-order valence-corrected chi connectivity index (χ3v) is 8.08. The third-order valence-electron chi connectivity index (χ3n) is 8.08. The monoisotopic (exact) mass is 441 g/mol. The smallest absolute Gasteiger partial charge is 0.354 e. The van der Waals surface area contributed by atoms with Gasteiger partial charge in [0.15, 0.2) is 5.78 Å². The molecule has 1 spiro atoms. The number of nitrogens with zero attached hydrogens (tertiary/aromatic N) is 1.